The summed E-state index contributed by atoms with van der Waals surface area (Å²) in [5, 5.41) is 14.0. The molecule has 0 aliphatic rings. The molecule has 0 aliphatic carbocycles. The highest BCUT2D eigenvalue weighted by molar-refractivity contribution is 7.99. The Kier molecular flexibility index (Phi) is 6.85. The molecule has 0 saturated heterocycles. The Hall–Kier alpha value is -3.07. The van der Waals surface area contributed by atoms with E-state index in [1.165, 1.54) is 11.8 Å². The largest absolute Gasteiger partial charge is 0.461 e. The zero-order chi connectivity index (χ0) is 19.8. The number of urea groups is 1. The third-order valence-corrected chi connectivity index (χ3v) is 4.85. The van der Waals surface area contributed by atoms with Gasteiger partial charge in [0.2, 0.25) is 5.91 Å². The molecule has 146 valence electrons. The molecule has 1 aromatic carbocycles. The summed E-state index contributed by atoms with van der Waals surface area (Å²) in [7, 11) is 0. The van der Waals surface area contributed by atoms with Crippen LogP contribution in [0.1, 0.15) is 18.9 Å². The first-order chi connectivity index (χ1) is 13.7. The Bertz CT molecular complexity index is 909. The zero-order valence-electron chi connectivity index (χ0n) is 15.4. The van der Waals surface area contributed by atoms with Gasteiger partial charge in [-0.15, -0.1) is 10.2 Å². The number of benzene rings is 1. The Labute approximate surface area is 166 Å². The van der Waals surface area contributed by atoms with Crippen LogP contribution in [0.25, 0.3) is 11.6 Å². The molecular weight excluding hydrogens is 378 g/mol. The van der Waals surface area contributed by atoms with Gasteiger partial charge in [0.15, 0.2) is 16.7 Å². The lowest BCUT2D eigenvalue weighted by atomic mass is 10.2. The van der Waals surface area contributed by atoms with Gasteiger partial charge < -0.3 is 9.73 Å². The lowest BCUT2D eigenvalue weighted by molar-refractivity contribution is -0.119. The van der Waals surface area contributed by atoms with Crippen LogP contribution in [0.2, 0.25) is 0 Å². The third kappa shape index (κ3) is 5.23. The van der Waals surface area contributed by atoms with Crippen molar-refractivity contribution < 1.29 is 14.0 Å². The summed E-state index contributed by atoms with van der Waals surface area (Å²) in [5.41, 5.74) is 0.965. The smallest absolute Gasteiger partial charge is 0.321 e. The van der Waals surface area contributed by atoms with E-state index in [0.29, 0.717) is 35.6 Å². The van der Waals surface area contributed by atoms with Crippen LogP contribution >= 0.6 is 11.8 Å². The molecule has 2 N–H and O–H groups in total. The van der Waals surface area contributed by atoms with Crippen LogP contribution in [0, 0.1) is 0 Å². The van der Waals surface area contributed by atoms with Gasteiger partial charge in [-0.3, -0.25) is 14.7 Å². The maximum Gasteiger partial charge on any atom is 0.321 e. The summed E-state index contributed by atoms with van der Waals surface area (Å²) in [4.78, 5) is 23.8. The molecule has 0 radical (unpaired) electrons. The van der Waals surface area contributed by atoms with Gasteiger partial charge in [0.05, 0.1) is 6.26 Å². The molecule has 0 saturated carbocycles. The second kappa shape index (κ2) is 9.75. The van der Waals surface area contributed by atoms with Crippen molar-refractivity contribution in [3.8, 4) is 11.6 Å². The van der Waals surface area contributed by atoms with Crippen molar-refractivity contribution in [2.24, 2.45) is 0 Å². The molecule has 2 aromatic heterocycles. The summed E-state index contributed by atoms with van der Waals surface area (Å²) in [6.07, 6.45) is 1.78. The van der Waals surface area contributed by atoms with Crippen molar-refractivity contribution in [2.75, 3.05) is 5.75 Å². The Morgan fingerprint density at radius 2 is 1.96 bits per heavy atom. The van der Waals surface area contributed by atoms with Crippen molar-refractivity contribution in [3.05, 3.63) is 54.3 Å². The molecule has 0 fully saturated rings. The number of rotatable bonds is 8. The number of amides is 3. The number of nitrogens with one attached hydrogen (secondary N) is 2. The highest BCUT2D eigenvalue weighted by Gasteiger charge is 2.15. The molecule has 2 heterocycles. The maximum absolute atomic E-state index is 12.0. The molecule has 8 nitrogen and oxygen atoms in total. The molecular formula is C19H21N5O3S. The number of furan rings is 1. The van der Waals surface area contributed by atoms with Crippen LogP contribution in [-0.2, 0) is 17.9 Å². The van der Waals surface area contributed by atoms with Gasteiger partial charge >= 0.3 is 6.03 Å². The van der Waals surface area contributed by atoms with E-state index in [1.807, 2.05) is 47.9 Å². The van der Waals surface area contributed by atoms with Gasteiger partial charge in [-0.1, -0.05) is 42.1 Å². The summed E-state index contributed by atoms with van der Waals surface area (Å²) < 4.78 is 7.30. The van der Waals surface area contributed by atoms with E-state index in [4.69, 9.17) is 4.42 Å². The van der Waals surface area contributed by atoms with E-state index >= 15 is 0 Å². The first-order valence-corrected chi connectivity index (χ1v) is 9.87. The van der Waals surface area contributed by atoms with Crippen LogP contribution in [-0.4, -0.2) is 32.5 Å². The van der Waals surface area contributed by atoms with Gasteiger partial charge in [0.25, 0.3) is 0 Å². The molecule has 9 heteroatoms. The Morgan fingerprint density at radius 1 is 1.14 bits per heavy atom. The number of imide groups is 1. The average molecular weight is 399 g/mol. The molecule has 0 unspecified atom stereocenters. The molecule has 0 aliphatic heterocycles. The van der Waals surface area contributed by atoms with Gasteiger partial charge in [-0.05, 0) is 24.6 Å². The summed E-state index contributed by atoms with van der Waals surface area (Å²) in [5.74, 6) is 1.44. The molecule has 0 spiro atoms. The normalized spacial score (nSPS) is 10.6. The summed E-state index contributed by atoms with van der Waals surface area (Å²) in [6.45, 7) is 3.03. The highest BCUT2D eigenvalue weighted by Crippen LogP contribution is 2.24. The summed E-state index contributed by atoms with van der Waals surface area (Å²) in [6, 6.07) is 12.6. The van der Waals surface area contributed by atoms with E-state index in [0.717, 1.165) is 5.56 Å². The fourth-order valence-corrected chi connectivity index (χ4v) is 3.46. The van der Waals surface area contributed by atoms with E-state index in [-0.39, 0.29) is 12.3 Å². The number of hydrogen-bond donors (Lipinski definition) is 2. The fraction of sp³-hybridized carbons (Fsp3) is 0.263. The van der Waals surface area contributed by atoms with Crippen LogP contribution in [0.3, 0.4) is 0 Å². The lowest BCUT2D eigenvalue weighted by Gasteiger charge is -2.07. The van der Waals surface area contributed by atoms with Gasteiger partial charge in [-0.25, -0.2) is 4.79 Å². The molecule has 3 aromatic rings. The third-order valence-electron chi connectivity index (χ3n) is 3.88. The van der Waals surface area contributed by atoms with Crippen LogP contribution in [0.5, 0.6) is 0 Å². The zero-order valence-corrected chi connectivity index (χ0v) is 16.2. The van der Waals surface area contributed by atoms with E-state index in [2.05, 4.69) is 20.8 Å². The van der Waals surface area contributed by atoms with Crippen molar-refractivity contribution in [3.63, 3.8) is 0 Å². The van der Waals surface area contributed by atoms with E-state index in [9.17, 15) is 9.59 Å². The predicted molar refractivity (Wildman–Crippen MR) is 106 cm³/mol. The highest BCUT2D eigenvalue weighted by atomic mass is 32.2. The second-order valence-electron chi connectivity index (χ2n) is 5.84. The molecule has 3 amide bonds. The van der Waals surface area contributed by atoms with E-state index in [1.54, 1.807) is 12.3 Å². The minimum Gasteiger partial charge on any atom is -0.461 e. The topological polar surface area (TPSA) is 102 Å². The Morgan fingerprint density at radius 3 is 2.68 bits per heavy atom. The number of aromatic nitrogens is 3. The van der Waals surface area contributed by atoms with Crippen LogP contribution in [0.15, 0.2) is 58.3 Å². The van der Waals surface area contributed by atoms with Gasteiger partial charge in [-0.2, -0.15) is 0 Å². The first kappa shape index (κ1) is 19.7. The van der Waals surface area contributed by atoms with Crippen molar-refractivity contribution >= 4 is 23.7 Å². The van der Waals surface area contributed by atoms with Crippen LogP contribution < -0.4 is 10.6 Å². The van der Waals surface area contributed by atoms with Gasteiger partial charge in [0, 0.05) is 25.3 Å². The minimum atomic E-state index is -0.504. The minimum absolute atomic E-state index is 0.191. The SMILES string of the molecule is CCn1c(SCCC(=O)NC(=O)NCc2ccccc2)nnc1-c1ccco1. The van der Waals surface area contributed by atoms with Crippen LogP contribution in [0.4, 0.5) is 4.79 Å². The summed E-state index contributed by atoms with van der Waals surface area (Å²) >= 11 is 1.41. The monoisotopic (exact) mass is 399 g/mol. The van der Waals surface area contributed by atoms with Crippen molar-refractivity contribution in [1.82, 2.24) is 25.4 Å². The number of hydrogen-bond acceptors (Lipinski definition) is 6. The molecule has 28 heavy (non-hydrogen) atoms. The van der Waals surface area contributed by atoms with Crippen molar-refractivity contribution in [2.45, 2.75) is 31.6 Å². The number of carbonyl (C=O) groups is 2. The predicted octanol–water partition coefficient (Wildman–Crippen LogP) is 3.07. The second-order valence-corrected chi connectivity index (χ2v) is 6.90. The maximum atomic E-state index is 12.0. The Balaban J connectivity index is 1.43. The van der Waals surface area contributed by atoms with Crippen molar-refractivity contribution in [1.29, 1.82) is 0 Å². The number of nitrogens with zero attached hydrogens (tertiary/aromatic N) is 3. The quantitative estimate of drug-likeness (QED) is 0.565. The van der Waals surface area contributed by atoms with Gasteiger partial charge in [0.1, 0.15) is 0 Å². The molecule has 3 rings (SSSR count). The fourth-order valence-electron chi connectivity index (χ4n) is 2.52. The van der Waals surface area contributed by atoms with E-state index < -0.39 is 6.03 Å². The number of thioether (sulfide) groups is 1. The standard InChI is InChI=1S/C19H21N5O3S/c1-2-24-17(15-9-6-11-27-15)22-23-19(24)28-12-10-16(25)21-18(26)20-13-14-7-4-3-5-8-14/h3-9,11H,2,10,12-13H2,1H3,(H2,20,21,25,26). The number of carbonyl (C=O) groups excluding carboxylic acids is 2. The lowest BCUT2D eigenvalue weighted by Crippen LogP contribution is -2.39. The molecule has 0 bridgehead atoms. The molecule has 0 atom stereocenters. The first-order valence-electron chi connectivity index (χ1n) is 8.89. The average Bonchev–Trinajstić information content (AvgIpc) is 3.36.